The molecule has 0 radical (unpaired) electrons. The van der Waals surface area contributed by atoms with Crippen LogP contribution in [0.1, 0.15) is 98.6 Å². The van der Waals surface area contributed by atoms with Crippen LogP contribution in [0.3, 0.4) is 0 Å². The lowest BCUT2D eigenvalue weighted by Crippen LogP contribution is -2.15. The lowest BCUT2D eigenvalue weighted by atomic mass is 9.77. The molecule has 0 amide bonds. The van der Waals surface area contributed by atoms with Crippen molar-refractivity contribution >= 4 is 0 Å². The van der Waals surface area contributed by atoms with E-state index in [1.165, 1.54) is 75.5 Å². The summed E-state index contributed by atoms with van der Waals surface area (Å²) >= 11 is 0. The number of aryl methyl sites for hydroxylation is 2. The summed E-state index contributed by atoms with van der Waals surface area (Å²) < 4.78 is 2.38. The van der Waals surface area contributed by atoms with Crippen LogP contribution in [-0.2, 0) is 0 Å². The molecule has 0 N–H and O–H groups in total. The van der Waals surface area contributed by atoms with E-state index in [0.717, 1.165) is 17.7 Å². The zero-order valence-electron chi connectivity index (χ0n) is 15.9. The molecule has 2 aliphatic rings. The summed E-state index contributed by atoms with van der Waals surface area (Å²) in [7, 11) is 0. The molecular weight excluding hydrogens is 304 g/mol. The molecule has 2 fully saturated rings. The maximum absolute atomic E-state index is 4.55. The first-order valence-corrected chi connectivity index (χ1v) is 10.4. The van der Waals surface area contributed by atoms with Crippen LogP contribution in [0.4, 0.5) is 0 Å². The Kier molecular flexibility index (Phi) is 4.96. The number of benzene rings is 1. The van der Waals surface area contributed by atoms with Gasteiger partial charge in [-0.3, -0.25) is 0 Å². The molecule has 1 aromatic carbocycles. The Morgan fingerprint density at radius 3 is 1.76 bits per heavy atom. The van der Waals surface area contributed by atoms with Crippen molar-refractivity contribution in [1.82, 2.24) is 9.55 Å². The van der Waals surface area contributed by atoms with E-state index in [2.05, 4.69) is 41.7 Å². The van der Waals surface area contributed by atoms with Gasteiger partial charge in [0.25, 0.3) is 0 Å². The van der Waals surface area contributed by atoms with Gasteiger partial charge in [-0.25, -0.2) is 4.98 Å². The predicted octanol–water partition coefficient (Wildman–Crippen LogP) is 6.58. The van der Waals surface area contributed by atoms with Gasteiger partial charge >= 0.3 is 0 Å². The Hall–Kier alpha value is -1.57. The molecule has 2 nitrogen and oxygen atoms in total. The van der Waals surface area contributed by atoms with Crippen LogP contribution in [-0.4, -0.2) is 9.55 Å². The number of imidazole rings is 1. The summed E-state index contributed by atoms with van der Waals surface area (Å²) in [5, 5.41) is 0. The number of hydrogen-bond acceptors (Lipinski definition) is 1. The van der Waals surface area contributed by atoms with E-state index in [1.54, 1.807) is 11.1 Å². The van der Waals surface area contributed by atoms with Gasteiger partial charge in [-0.1, -0.05) is 56.2 Å². The smallest absolute Gasteiger partial charge is 0.110 e. The molecule has 0 aliphatic heterocycles. The first-order valence-electron chi connectivity index (χ1n) is 10.4. The normalized spacial score (nSPS) is 20.1. The van der Waals surface area contributed by atoms with Gasteiger partial charge in [-0.2, -0.15) is 0 Å². The number of aromatic nitrogens is 2. The van der Waals surface area contributed by atoms with Crippen LogP contribution in [0.25, 0.3) is 5.69 Å². The molecule has 1 heterocycles. The highest BCUT2D eigenvalue weighted by Gasteiger charge is 2.26. The molecule has 2 aromatic rings. The van der Waals surface area contributed by atoms with Crippen LogP contribution in [0, 0.1) is 13.8 Å². The van der Waals surface area contributed by atoms with Crippen LogP contribution >= 0.6 is 0 Å². The molecule has 0 spiro atoms. The molecule has 134 valence electrons. The van der Waals surface area contributed by atoms with Gasteiger partial charge in [0.1, 0.15) is 5.82 Å². The second-order valence-corrected chi connectivity index (χ2v) is 8.31. The molecular formula is C23H32N2. The fourth-order valence-electron chi connectivity index (χ4n) is 5.18. The van der Waals surface area contributed by atoms with Gasteiger partial charge in [0.05, 0.1) is 5.69 Å². The summed E-state index contributed by atoms with van der Waals surface area (Å²) in [6.07, 6.45) is 17.9. The average Bonchev–Trinajstić information content (AvgIpc) is 3.08. The quantitative estimate of drug-likeness (QED) is 0.618. The average molecular weight is 337 g/mol. The van der Waals surface area contributed by atoms with Crippen molar-refractivity contribution in [3.63, 3.8) is 0 Å². The van der Waals surface area contributed by atoms with Crippen molar-refractivity contribution in [2.75, 3.05) is 0 Å². The van der Waals surface area contributed by atoms with Crippen LogP contribution in [0.15, 0.2) is 24.5 Å². The third-order valence-corrected chi connectivity index (χ3v) is 6.47. The summed E-state index contributed by atoms with van der Waals surface area (Å²) in [6.45, 7) is 4.44. The maximum Gasteiger partial charge on any atom is 0.110 e. The Balaban J connectivity index is 1.87. The fourth-order valence-corrected chi connectivity index (χ4v) is 5.18. The number of nitrogens with zero attached hydrogens (tertiary/aromatic N) is 2. The zero-order chi connectivity index (χ0) is 17.2. The number of rotatable bonds is 3. The Morgan fingerprint density at radius 2 is 1.32 bits per heavy atom. The lowest BCUT2D eigenvalue weighted by Gasteiger charge is -2.31. The maximum atomic E-state index is 4.55. The summed E-state index contributed by atoms with van der Waals surface area (Å²) in [4.78, 5) is 4.55. The van der Waals surface area contributed by atoms with Crippen molar-refractivity contribution in [2.45, 2.75) is 89.9 Å². The molecule has 2 saturated carbocycles. The molecule has 0 bridgehead atoms. The second kappa shape index (κ2) is 7.35. The van der Waals surface area contributed by atoms with Crippen molar-refractivity contribution in [2.24, 2.45) is 0 Å². The van der Waals surface area contributed by atoms with Gasteiger partial charge in [0.15, 0.2) is 0 Å². The first-order chi connectivity index (χ1) is 12.2. The van der Waals surface area contributed by atoms with Crippen molar-refractivity contribution in [3.8, 4) is 5.69 Å². The highest BCUT2D eigenvalue weighted by atomic mass is 15.1. The van der Waals surface area contributed by atoms with Gasteiger partial charge < -0.3 is 4.57 Å². The van der Waals surface area contributed by atoms with E-state index < -0.39 is 0 Å². The van der Waals surface area contributed by atoms with Crippen molar-refractivity contribution in [1.29, 1.82) is 0 Å². The first kappa shape index (κ1) is 16.9. The largest absolute Gasteiger partial charge is 0.303 e. The molecule has 25 heavy (non-hydrogen) atoms. The Morgan fingerprint density at radius 1 is 0.800 bits per heavy atom. The monoisotopic (exact) mass is 336 g/mol. The summed E-state index contributed by atoms with van der Waals surface area (Å²) in [5.74, 6) is 2.58. The molecule has 4 rings (SSSR count). The minimum Gasteiger partial charge on any atom is -0.303 e. The van der Waals surface area contributed by atoms with E-state index in [9.17, 15) is 0 Å². The van der Waals surface area contributed by atoms with E-state index in [-0.39, 0.29) is 0 Å². The highest BCUT2D eigenvalue weighted by molar-refractivity contribution is 5.54. The standard InChI is InChI=1S/C23H32N2/c1-17-15-21(19-9-5-3-6-10-19)23(25-14-13-24-18(25)2)22(16-17)20-11-7-4-8-12-20/h13-16,19-20H,3-12H2,1-2H3. The minimum absolute atomic E-state index is 0.729. The van der Waals surface area contributed by atoms with Crippen LogP contribution in [0.2, 0.25) is 0 Å². The van der Waals surface area contributed by atoms with Gasteiger partial charge in [0, 0.05) is 12.4 Å². The van der Waals surface area contributed by atoms with Crippen LogP contribution < -0.4 is 0 Å². The highest BCUT2D eigenvalue weighted by Crippen LogP contribution is 2.42. The minimum atomic E-state index is 0.729. The summed E-state index contributed by atoms with van der Waals surface area (Å²) in [5.41, 5.74) is 6.13. The molecule has 0 unspecified atom stereocenters. The molecule has 2 heteroatoms. The van der Waals surface area contributed by atoms with E-state index in [0.29, 0.717) is 0 Å². The Labute approximate surface area is 152 Å². The third kappa shape index (κ3) is 3.41. The van der Waals surface area contributed by atoms with Crippen molar-refractivity contribution in [3.05, 3.63) is 47.0 Å². The SMILES string of the molecule is Cc1cc(C2CCCCC2)c(-n2ccnc2C)c(C2CCCCC2)c1. The zero-order valence-corrected chi connectivity index (χ0v) is 15.9. The Bertz CT molecular complexity index is 676. The topological polar surface area (TPSA) is 17.8 Å². The summed E-state index contributed by atoms with van der Waals surface area (Å²) in [6, 6.07) is 4.97. The second-order valence-electron chi connectivity index (χ2n) is 8.31. The van der Waals surface area contributed by atoms with Crippen LogP contribution in [0.5, 0.6) is 0 Å². The third-order valence-electron chi connectivity index (χ3n) is 6.47. The molecule has 1 aromatic heterocycles. The molecule has 0 saturated heterocycles. The lowest BCUT2D eigenvalue weighted by molar-refractivity contribution is 0.433. The van der Waals surface area contributed by atoms with Gasteiger partial charge in [0.2, 0.25) is 0 Å². The number of hydrogen-bond donors (Lipinski definition) is 0. The van der Waals surface area contributed by atoms with E-state index in [4.69, 9.17) is 0 Å². The predicted molar refractivity (Wildman–Crippen MR) is 105 cm³/mol. The van der Waals surface area contributed by atoms with E-state index >= 15 is 0 Å². The van der Waals surface area contributed by atoms with Gasteiger partial charge in [-0.15, -0.1) is 0 Å². The molecule has 2 aliphatic carbocycles. The fraction of sp³-hybridized carbons (Fsp3) is 0.609. The van der Waals surface area contributed by atoms with Crippen molar-refractivity contribution < 1.29 is 0 Å². The van der Waals surface area contributed by atoms with Gasteiger partial charge in [-0.05, 0) is 62.5 Å². The molecule has 0 atom stereocenters. The van der Waals surface area contributed by atoms with E-state index in [1.807, 2.05) is 6.20 Å².